The monoisotopic (exact) mass is 254 g/mol. The Kier molecular flexibility index (Phi) is 4.84. The van der Waals surface area contributed by atoms with E-state index in [1.807, 2.05) is 6.92 Å². The summed E-state index contributed by atoms with van der Waals surface area (Å²) in [5.74, 6) is -2.68. The molecule has 1 aromatic rings. The number of benzene rings is 1. The van der Waals surface area contributed by atoms with Gasteiger partial charge in [-0.15, -0.1) is 0 Å². The molecule has 3 nitrogen and oxygen atoms in total. The third-order valence-electron chi connectivity index (χ3n) is 3.24. The van der Waals surface area contributed by atoms with Crippen molar-refractivity contribution in [2.24, 2.45) is 5.92 Å². The summed E-state index contributed by atoms with van der Waals surface area (Å²) in [5, 5.41) is 19.6. The third-order valence-corrected chi connectivity index (χ3v) is 3.24. The topological polar surface area (TPSA) is 57.5 Å². The Bertz CT molecular complexity index is 415. The maximum absolute atomic E-state index is 13.7. The Hall–Kier alpha value is -1.42. The number of carbonyl (C=O) groups is 1. The summed E-state index contributed by atoms with van der Waals surface area (Å²) in [6, 6.07) is 5.75. The van der Waals surface area contributed by atoms with Gasteiger partial charge in [0.2, 0.25) is 0 Å². The van der Waals surface area contributed by atoms with Crippen molar-refractivity contribution in [1.29, 1.82) is 0 Å². The Morgan fingerprint density at radius 1 is 1.44 bits per heavy atom. The maximum Gasteiger partial charge on any atom is 0.309 e. The lowest BCUT2D eigenvalue weighted by Crippen LogP contribution is -2.38. The van der Waals surface area contributed by atoms with E-state index < -0.39 is 23.3 Å². The van der Waals surface area contributed by atoms with Crippen LogP contribution in [0.5, 0.6) is 0 Å². The Balaban J connectivity index is 3.08. The van der Waals surface area contributed by atoms with Crippen LogP contribution in [0.4, 0.5) is 4.39 Å². The zero-order valence-corrected chi connectivity index (χ0v) is 10.7. The van der Waals surface area contributed by atoms with Crippen LogP contribution in [0, 0.1) is 11.7 Å². The van der Waals surface area contributed by atoms with Crippen molar-refractivity contribution < 1.29 is 19.4 Å². The van der Waals surface area contributed by atoms with Gasteiger partial charge in [0.15, 0.2) is 0 Å². The van der Waals surface area contributed by atoms with Crippen molar-refractivity contribution >= 4 is 5.97 Å². The summed E-state index contributed by atoms with van der Waals surface area (Å²) in [5.41, 5.74) is -1.67. The normalized spacial score (nSPS) is 16.0. The summed E-state index contributed by atoms with van der Waals surface area (Å²) in [6.45, 7) is 3.30. The molecule has 0 aliphatic heterocycles. The minimum atomic E-state index is -1.70. The van der Waals surface area contributed by atoms with E-state index in [0.717, 1.165) is 6.42 Å². The molecular formula is C14H19FO3. The minimum Gasteiger partial charge on any atom is -0.481 e. The van der Waals surface area contributed by atoms with Crippen molar-refractivity contribution in [3.63, 3.8) is 0 Å². The molecule has 1 rings (SSSR count). The van der Waals surface area contributed by atoms with Crippen LogP contribution < -0.4 is 0 Å². The molecule has 0 spiro atoms. The molecule has 0 saturated carbocycles. The molecule has 0 bridgehead atoms. The van der Waals surface area contributed by atoms with Crippen LogP contribution in [0.1, 0.15) is 38.7 Å². The smallest absolute Gasteiger partial charge is 0.309 e. The second kappa shape index (κ2) is 5.96. The number of carboxylic acid groups (broad SMARTS) is 1. The summed E-state index contributed by atoms with van der Waals surface area (Å²) in [7, 11) is 0. The first-order valence-electron chi connectivity index (χ1n) is 6.11. The van der Waals surface area contributed by atoms with Gasteiger partial charge in [-0.2, -0.15) is 0 Å². The molecule has 0 heterocycles. The fourth-order valence-electron chi connectivity index (χ4n) is 2.11. The molecule has 0 radical (unpaired) electrons. The number of aliphatic carboxylic acids is 1. The highest BCUT2D eigenvalue weighted by Crippen LogP contribution is 2.34. The van der Waals surface area contributed by atoms with Crippen molar-refractivity contribution in [3.8, 4) is 0 Å². The fourth-order valence-corrected chi connectivity index (χ4v) is 2.11. The van der Waals surface area contributed by atoms with Gasteiger partial charge in [-0.1, -0.05) is 38.0 Å². The molecule has 0 amide bonds. The van der Waals surface area contributed by atoms with Gasteiger partial charge in [0.25, 0.3) is 0 Å². The quantitative estimate of drug-likeness (QED) is 0.820. The second-order valence-electron chi connectivity index (χ2n) is 4.66. The molecule has 1 aromatic carbocycles. The molecular weight excluding hydrogens is 235 g/mol. The van der Waals surface area contributed by atoms with E-state index in [-0.39, 0.29) is 5.56 Å². The number of aliphatic hydroxyl groups is 1. The predicted octanol–water partition coefficient (Wildman–Crippen LogP) is 2.92. The lowest BCUT2D eigenvalue weighted by atomic mass is 9.80. The van der Waals surface area contributed by atoms with Crippen molar-refractivity contribution in [3.05, 3.63) is 35.6 Å². The van der Waals surface area contributed by atoms with E-state index in [1.165, 1.54) is 25.1 Å². The van der Waals surface area contributed by atoms with Gasteiger partial charge in [0.05, 0.1) is 5.92 Å². The number of hydrogen-bond acceptors (Lipinski definition) is 2. The van der Waals surface area contributed by atoms with Crippen LogP contribution in [0.2, 0.25) is 0 Å². The van der Waals surface area contributed by atoms with Crippen LogP contribution >= 0.6 is 0 Å². The molecule has 2 atom stereocenters. The maximum atomic E-state index is 13.7. The van der Waals surface area contributed by atoms with Gasteiger partial charge in [-0.05, 0) is 19.4 Å². The van der Waals surface area contributed by atoms with Crippen LogP contribution in [-0.4, -0.2) is 16.2 Å². The first-order chi connectivity index (χ1) is 8.41. The Morgan fingerprint density at radius 3 is 2.56 bits per heavy atom. The van der Waals surface area contributed by atoms with Gasteiger partial charge in [0.1, 0.15) is 11.4 Å². The highest BCUT2D eigenvalue weighted by molar-refractivity contribution is 5.72. The highest BCUT2D eigenvalue weighted by Gasteiger charge is 2.40. The summed E-state index contributed by atoms with van der Waals surface area (Å²) < 4.78 is 13.7. The average molecular weight is 254 g/mol. The van der Waals surface area contributed by atoms with E-state index in [1.54, 1.807) is 6.07 Å². The van der Waals surface area contributed by atoms with Crippen molar-refractivity contribution in [2.75, 3.05) is 0 Å². The zero-order chi connectivity index (χ0) is 13.8. The number of hydrogen-bond donors (Lipinski definition) is 2. The minimum absolute atomic E-state index is 0.0357. The molecule has 2 N–H and O–H groups in total. The Morgan fingerprint density at radius 2 is 2.06 bits per heavy atom. The van der Waals surface area contributed by atoms with Crippen molar-refractivity contribution in [2.45, 2.75) is 38.7 Å². The van der Waals surface area contributed by atoms with E-state index in [0.29, 0.717) is 12.8 Å². The van der Waals surface area contributed by atoms with Crippen LogP contribution in [0.25, 0.3) is 0 Å². The van der Waals surface area contributed by atoms with E-state index >= 15 is 0 Å². The average Bonchev–Trinajstić information content (AvgIpc) is 2.29. The SMILES string of the molecule is CCCCC(C(=O)O)C(C)(O)c1ccccc1F. The lowest BCUT2D eigenvalue weighted by Gasteiger charge is -2.30. The summed E-state index contributed by atoms with van der Waals surface area (Å²) in [4.78, 5) is 11.3. The standard InChI is InChI=1S/C14H19FO3/c1-3-4-7-11(13(16)17)14(2,18)10-8-5-6-9-12(10)15/h5-6,8-9,11,18H,3-4,7H2,1-2H3,(H,16,17). The molecule has 0 aliphatic carbocycles. The van der Waals surface area contributed by atoms with Gasteiger partial charge >= 0.3 is 5.97 Å². The van der Waals surface area contributed by atoms with E-state index in [2.05, 4.69) is 0 Å². The van der Waals surface area contributed by atoms with Crippen molar-refractivity contribution in [1.82, 2.24) is 0 Å². The van der Waals surface area contributed by atoms with Gasteiger partial charge in [-0.25, -0.2) is 4.39 Å². The largest absolute Gasteiger partial charge is 0.481 e. The predicted molar refractivity (Wildman–Crippen MR) is 66.6 cm³/mol. The number of unbranched alkanes of at least 4 members (excludes halogenated alkanes) is 1. The molecule has 4 heteroatoms. The molecule has 2 unspecified atom stereocenters. The summed E-state index contributed by atoms with van der Waals surface area (Å²) in [6.07, 6.45) is 1.84. The van der Waals surface area contributed by atoms with E-state index in [9.17, 15) is 19.4 Å². The first kappa shape index (κ1) is 14.6. The van der Waals surface area contributed by atoms with E-state index in [4.69, 9.17) is 0 Å². The zero-order valence-electron chi connectivity index (χ0n) is 10.7. The molecule has 0 aromatic heterocycles. The fraction of sp³-hybridized carbons (Fsp3) is 0.500. The highest BCUT2D eigenvalue weighted by atomic mass is 19.1. The van der Waals surface area contributed by atoms with Crippen LogP contribution in [0.3, 0.4) is 0 Å². The van der Waals surface area contributed by atoms with Crippen LogP contribution in [0.15, 0.2) is 24.3 Å². The molecule has 18 heavy (non-hydrogen) atoms. The third kappa shape index (κ3) is 3.07. The second-order valence-corrected chi connectivity index (χ2v) is 4.66. The van der Waals surface area contributed by atoms with Crippen LogP contribution in [-0.2, 0) is 10.4 Å². The number of halogens is 1. The molecule has 0 saturated heterocycles. The summed E-state index contributed by atoms with van der Waals surface area (Å²) >= 11 is 0. The number of rotatable bonds is 6. The Labute approximate surface area is 106 Å². The van der Waals surface area contributed by atoms with Gasteiger partial charge in [-0.3, -0.25) is 4.79 Å². The molecule has 0 fully saturated rings. The number of carboxylic acids is 1. The van der Waals surface area contributed by atoms with Gasteiger partial charge < -0.3 is 10.2 Å². The molecule has 0 aliphatic rings. The molecule has 100 valence electrons. The van der Waals surface area contributed by atoms with Gasteiger partial charge in [0, 0.05) is 5.56 Å². The first-order valence-corrected chi connectivity index (χ1v) is 6.11. The lowest BCUT2D eigenvalue weighted by molar-refractivity contribution is -0.152.